The van der Waals surface area contributed by atoms with Crippen LogP contribution in [-0.4, -0.2) is 20.7 Å². The maximum absolute atomic E-state index is 13.7. The lowest BCUT2D eigenvalue weighted by Crippen LogP contribution is -2.24. The minimum atomic E-state index is -0.657. The first-order valence-corrected chi connectivity index (χ1v) is 5.66. The van der Waals surface area contributed by atoms with Crippen molar-refractivity contribution in [3.05, 3.63) is 41.2 Å². The Morgan fingerprint density at radius 1 is 1.58 bits per heavy atom. The third kappa shape index (κ3) is 2.70. The highest BCUT2D eigenvalue weighted by atomic mass is 19.1. The number of nitrogen functional groups attached to an aromatic ring is 1. The zero-order chi connectivity index (χ0) is 14.0. The molecule has 2 aromatic rings. The molecule has 1 amide bonds. The lowest BCUT2D eigenvalue weighted by Gasteiger charge is -2.04. The molecule has 0 aliphatic rings. The van der Waals surface area contributed by atoms with Crippen molar-refractivity contribution in [2.75, 3.05) is 5.73 Å². The molecule has 6 nitrogen and oxygen atoms in total. The molecule has 19 heavy (non-hydrogen) atoms. The molecular weight excluding hydrogens is 249 g/mol. The number of carbonyl (C=O) groups is 1. The molecule has 0 atom stereocenters. The monoisotopic (exact) mass is 263 g/mol. The van der Waals surface area contributed by atoms with Gasteiger partial charge in [0.25, 0.3) is 5.91 Å². The molecule has 0 fully saturated rings. The molecule has 0 bridgehead atoms. The number of pyridine rings is 1. The summed E-state index contributed by atoms with van der Waals surface area (Å²) >= 11 is 0. The number of hydrogen-bond acceptors (Lipinski definition) is 4. The molecule has 0 unspecified atom stereocenters. The fourth-order valence-corrected chi connectivity index (χ4v) is 1.74. The third-order valence-electron chi connectivity index (χ3n) is 2.65. The van der Waals surface area contributed by atoms with Crippen molar-refractivity contribution in [2.45, 2.75) is 13.5 Å². The Labute approximate surface area is 109 Å². The number of hydrogen-bond donors (Lipinski definition) is 2. The van der Waals surface area contributed by atoms with Crippen molar-refractivity contribution in [3.8, 4) is 0 Å². The van der Waals surface area contributed by atoms with Crippen LogP contribution in [0.25, 0.3) is 0 Å². The second kappa shape index (κ2) is 5.05. The van der Waals surface area contributed by atoms with Gasteiger partial charge in [-0.25, -0.2) is 4.68 Å². The number of rotatable bonds is 3. The Bertz CT molecular complexity index is 623. The van der Waals surface area contributed by atoms with Gasteiger partial charge in [0.15, 0.2) is 0 Å². The number of nitrogens with one attached hydrogen (secondary N) is 1. The number of amides is 1. The van der Waals surface area contributed by atoms with Gasteiger partial charge in [0, 0.05) is 18.9 Å². The van der Waals surface area contributed by atoms with Crippen molar-refractivity contribution in [2.24, 2.45) is 7.05 Å². The third-order valence-corrected chi connectivity index (χ3v) is 2.65. The van der Waals surface area contributed by atoms with Crippen LogP contribution in [-0.2, 0) is 13.6 Å². The predicted octanol–water partition coefficient (Wildman–Crippen LogP) is 0.775. The van der Waals surface area contributed by atoms with Crippen molar-refractivity contribution in [3.63, 3.8) is 0 Å². The molecular formula is C12H14FN5O. The van der Waals surface area contributed by atoms with E-state index in [2.05, 4.69) is 15.4 Å². The van der Waals surface area contributed by atoms with Crippen LogP contribution in [0.15, 0.2) is 18.3 Å². The van der Waals surface area contributed by atoms with Crippen LogP contribution in [0.1, 0.15) is 21.7 Å². The Morgan fingerprint density at radius 3 is 2.89 bits per heavy atom. The number of nitrogens with zero attached hydrogens (tertiary/aromatic N) is 3. The predicted molar refractivity (Wildman–Crippen MR) is 67.7 cm³/mol. The highest BCUT2D eigenvalue weighted by molar-refractivity contribution is 5.95. The molecule has 7 heteroatoms. The summed E-state index contributed by atoms with van der Waals surface area (Å²) in [7, 11) is 1.44. The molecule has 0 aromatic carbocycles. The lowest BCUT2D eigenvalue weighted by atomic mass is 10.2. The lowest BCUT2D eigenvalue weighted by molar-refractivity contribution is 0.0945. The van der Waals surface area contributed by atoms with E-state index in [4.69, 9.17) is 5.73 Å². The number of carbonyl (C=O) groups excluding carboxylic acids is 1. The zero-order valence-corrected chi connectivity index (χ0v) is 10.6. The summed E-state index contributed by atoms with van der Waals surface area (Å²) in [5, 5.41) is 6.43. The van der Waals surface area contributed by atoms with Gasteiger partial charge in [-0.2, -0.15) is 9.49 Å². The van der Waals surface area contributed by atoms with Crippen molar-refractivity contribution in [1.29, 1.82) is 0 Å². The van der Waals surface area contributed by atoms with E-state index in [1.165, 1.54) is 7.05 Å². The second-order valence-electron chi connectivity index (χ2n) is 4.14. The molecule has 0 spiro atoms. The summed E-state index contributed by atoms with van der Waals surface area (Å²) in [6, 6.07) is 3.29. The maximum atomic E-state index is 13.7. The van der Waals surface area contributed by atoms with Gasteiger partial charge in [0.1, 0.15) is 5.56 Å². The van der Waals surface area contributed by atoms with Crippen molar-refractivity contribution in [1.82, 2.24) is 20.1 Å². The molecule has 3 N–H and O–H groups in total. The SMILES string of the molecule is Cc1nn(C)c(F)c1C(=O)NCc1cc(N)ccn1. The summed E-state index contributed by atoms with van der Waals surface area (Å²) in [6.07, 6.45) is 1.55. The first-order valence-electron chi connectivity index (χ1n) is 5.66. The van der Waals surface area contributed by atoms with E-state index < -0.39 is 11.9 Å². The molecule has 100 valence electrons. The quantitative estimate of drug-likeness (QED) is 0.856. The van der Waals surface area contributed by atoms with Crippen molar-refractivity contribution >= 4 is 11.6 Å². The van der Waals surface area contributed by atoms with E-state index in [-0.39, 0.29) is 12.1 Å². The average Bonchev–Trinajstić information content (AvgIpc) is 2.61. The van der Waals surface area contributed by atoms with Crippen molar-refractivity contribution < 1.29 is 9.18 Å². The van der Waals surface area contributed by atoms with Gasteiger partial charge >= 0.3 is 0 Å². The first-order chi connectivity index (χ1) is 8.99. The van der Waals surface area contributed by atoms with Gasteiger partial charge in [0.05, 0.1) is 17.9 Å². The van der Waals surface area contributed by atoms with Gasteiger partial charge in [-0.05, 0) is 19.1 Å². The molecule has 2 rings (SSSR count). The highest BCUT2D eigenvalue weighted by Gasteiger charge is 2.20. The number of aromatic nitrogens is 3. The average molecular weight is 263 g/mol. The first kappa shape index (κ1) is 13.0. The normalized spacial score (nSPS) is 10.5. The van der Waals surface area contributed by atoms with E-state index in [0.717, 1.165) is 4.68 Å². The second-order valence-corrected chi connectivity index (χ2v) is 4.14. The van der Waals surface area contributed by atoms with Crippen LogP contribution in [0.3, 0.4) is 0 Å². The Balaban J connectivity index is 2.10. The fourth-order valence-electron chi connectivity index (χ4n) is 1.74. The van der Waals surface area contributed by atoms with Crippen LogP contribution in [0, 0.1) is 12.9 Å². The molecule has 0 radical (unpaired) electrons. The summed E-state index contributed by atoms with van der Waals surface area (Å²) in [4.78, 5) is 15.9. The summed E-state index contributed by atoms with van der Waals surface area (Å²) in [6.45, 7) is 1.76. The number of nitrogens with two attached hydrogens (primary N) is 1. The molecule has 0 aliphatic heterocycles. The van der Waals surface area contributed by atoms with Crippen LogP contribution >= 0.6 is 0 Å². The van der Waals surface area contributed by atoms with E-state index in [1.54, 1.807) is 25.3 Å². The molecule has 0 aliphatic carbocycles. The Morgan fingerprint density at radius 2 is 2.32 bits per heavy atom. The number of halogens is 1. The molecule has 2 heterocycles. The smallest absolute Gasteiger partial charge is 0.258 e. The Hall–Kier alpha value is -2.44. The standard InChI is InChI=1S/C12H14FN5O/c1-7-10(11(13)18(2)17-7)12(19)16-6-9-5-8(14)3-4-15-9/h3-5H,6H2,1-2H3,(H2,14,15)(H,16,19). The van der Waals surface area contributed by atoms with E-state index in [1.807, 2.05) is 0 Å². The topological polar surface area (TPSA) is 85.8 Å². The van der Waals surface area contributed by atoms with Crippen LogP contribution < -0.4 is 11.1 Å². The van der Waals surface area contributed by atoms with Gasteiger partial charge < -0.3 is 11.1 Å². The van der Waals surface area contributed by atoms with Gasteiger partial charge in [0.2, 0.25) is 5.95 Å². The van der Waals surface area contributed by atoms with Crippen LogP contribution in [0.2, 0.25) is 0 Å². The highest BCUT2D eigenvalue weighted by Crippen LogP contribution is 2.11. The van der Waals surface area contributed by atoms with E-state index in [9.17, 15) is 9.18 Å². The summed E-state index contributed by atoms with van der Waals surface area (Å²) in [5.74, 6) is -1.18. The van der Waals surface area contributed by atoms with E-state index >= 15 is 0 Å². The molecule has 0 saturated carbocycles. The van der Waals surface area contributed by atoms with Gasteiger partial charge in [-0.1, -0.05) is 0 Å². The largest absolute Gasteiger partial charge is 0.399 e. The van der Waals surface area contributed by atoms with Crippen LogP contribution in [0.4, 0.5) is 10.1 Å². The van der Waals surface area contributed by atoms with Gasteiger partial charge in [-0.3, -0.25) is 9.78 Å². The van der Waals surface area contributed by atoms with Gasteiger partial charge in [-0.15, -0.1) is 0 Å². The molecule has 2 aromatic heterocycles. The molecule has 0 saturated heterocycles. The fraction of sp³-hybridized carbons (Fsp3) is 0.250. The summed E-state index contributed by atoms with van der Waals surface area (Å²) in [5.41, 5.74) is 7.06. The van der Waals surface area contributed by atoms with Crippen LogP contribution in [0.5, 0.6) is 0 Å². The summed E-state index contributed by atoms with van der Waals surface area (Å²) < 4.78 is 14.7. The maximum Gasteiger partial charge on any atom is 0.258 e. The Kier molecular flexibility index (Phi) is 3.46. The number of aryl methyl sites for hydroxylation is 2. The van der Waals surface area contributed by atoms with E-state index in [0.29, 0.717) is 17.1 Å². The number of anilines is 1. The minimum absolute atomic E-state index is 0.0496. The zero-order valence-electron chi connectivity index (χ0n) is 10.6. The minimum Gasteiger partial charge on any atom is -0.399 e.